The third-order valence-electron chi connectivity index (χ3n) is 2.57. The molecule has 3 nitrogen and oxygen atoms in total. The topological polar surface area (TPSA) is 50.9 Å². The van der Waals surface area contributed by atoms with Crippen LogP contribution < -0.4 is 11.1 Å². The fourth-order valence-electron chi connectivity index (χ4n) is 1.56. The molecule has 0 unspecified atom stereocenters. The summed E-state index contributed by atoms with van der Waals surface area (Å²) in [6, 6.07) is 3.73. The van der Waals surface area contributed by atoms with Crippen molar-refractivity contribution < 1.29 is 13.2 Å². The molecule has 0 amide bonds. The zero-order valence-corrected chi connectivity index (χ0v) is 10.9. The number of rotatable bonds is 3. The lowest BCUT2D eigenvalue weighted by atomic mass is 10.2. The Kier molecular flexibility index (Phi) is 3.66. The molecule has 0 aliphatic rings. The van der Waals surface area contributed by atoms with E-state index in [-0.39, 0.29) is 11.6 Å². The van der Waals surface area contributed by atoms with Crippen molar-refractivity contribution in [3.8, 4) is 0 Å². The van der Waals surface area contributed by atoms with Crippen molar-refractivity contribution in [3.05, 3.63) is 39.6 Å². The van der Waals surface area contributed by atoms with Gasteiger partial charge in [0.2, 0.25) is 0 Å². The van der Waals surface area contributed by atoms with Gasteiger partial charge in [-0.1, -0.05) is 0 Å². The van der Waals surface area contributed by atoms with Crippen molar-refractivity contribution in [2.45, 2.75) is 19.6 Å². The number of halogens is 3. The highest BCUT2D eigenvalue weighted by molar-refractivity contribution is 7.10. The molecule has 2 aromatic rings. The predicted molar refractivity (Wildman–Crippen MR) is 70.0 cm³/mol. The summed E-state index contributed by atoms with van der Waals surface area (Å²) in [5.74, 6) is -0.0275. The maximum atomic E-state index is 12.6. The van der Waals surface area contributed by atoms with Crippen LogP contribution in [-0.2, 0) is 12.7 Å². The molecule has 0 aliphatic carbocycles. The van der Waals surface area contributed by atoms with Gasteiger partial charge in [-0.25, -0.2) is 4.98 Å². The molecular weight excluding hydrogens is 275 g/mol. The summed E-state index contributed by atoms with van der Waals surface area (Å²) in [5.41, 5.74) is 5.68. The van der Waals surface area contributed by atoms with Gasteiger partial charge in [-0.3, -0.25) is 0 Å². The molecule has 7 heteroatoms. The highest BCUT2D eigenvalue weighted by Gasteiger charge is 2.31. The van der Waals surface area contributed by atoms with Crippen LogP contribution in [0.3, 0.4) is 0 Å². The smallest absolute Gasteiger partial charge is 0.384 e. The van der Waals surface area contributed by atoms with E-state index in [1.165, 1.54) is 11.3 Å². The third kappa shape index (κ3) is 3.37. The molecule has 0 aromatic carbocycles. The van der Waals surface area contributed by atoms with Crippen LogP contribution >= 0.6 is 11.3 Å². The maximum Gasteiger partial charge on any atom is 0.416 e. The fraction of sp³-hybridized carbons (Fsp3) is 0.250. The molecule has 0 spiro atoms. The summed E-state index contributed by atoms with van der Waals surface area (Å²) in [7, 11) is 0. The second-order valence-electron chi connectivity index (χ2n) is 4.04. The molecule has 0 radical (unpaired) electrons. The van der Waals surface area contributed by atoms with E-state index < -0.39 is 11.7 Å². The van der Waals surface area contributed by atoms with E-state index in [9.17, 15) is 13.2 Å². The Morgan fingerprint density at radius 1 is 1.37 bits per heavy atom. The Balaban J connectivity index is 2.17. The van der Waals surface area contributed by atoms with Crippen molar-refractivity contribution in [2.24, 2.45) is 0 Å². The summed E-state index contributed by atoms with van der Waals surface area (Å²) >= 11 is 1.54. The monoisotopic (exact) mass is 287 g/mol. The predicted octanol–water partition coefficient (Wildman–Crippen LogP) is 3.66. The van der Waals surface area contributed by atoms with Crippen LogP contribution in [0.2, 0.25) is 0 Å². The lowest BCUT2D eigenvalue weighted by Gasteiger charge is -2.11. The summed E-state index contributed by atoms with van der Waals surface area (Å²) in [6.45, 7) is 2.37. The Morgan fingerprint density at radius 2 is 2.11 bits per heavy atom. The number of aromatic nitrogens is 1. The van der Waals surface area contributed by atoms with Crippen LogP contribution in [0.4, 0.5) is 24.8 Å². The van der Waals surface area contributed by atoms with Crippen molar-refractivity contribution in [1.29, 1.82) is 0 Å². The van der Waals surface area contributed by atoms with E-state index in [4.69, 9.17) is 5.73 Å². The number of hydrogen-bond donors (Lipinski definition) is 2. The minimum atomic E-state index is -4.42. The van der Waals surface area contributed by atoms with Crippen LogP contribution in [0.1, 0.15) is 16.0 Å². The molecule has 2 heterocycles. The number of hydrogen-bond acceptors (Lipinski definition) is 4. The molecule has 0 saturated heterocycles. The molecule has 2 rings (SSSR count). The normalized spacial score (nSPS) is 11.6. The van der Waals surface area contributed by atoms with Gasteiger partial charge in [0.25, 0.3) is 0 Å². The standard InChI is InChI=1S/C12H12F3N3S/c1-7-2-3-19-9(7)6-17-11-5-8(12(13,14)15)4-10(16)18-11/h2-5H,6H2,1H3,(H3,16,17,18). The van der Waals surface area contributed by atoms with Crippen molar-refractivity contribution in [2.75, 3.05) is 11.1 Å². The number of pyridine rings is 1. The lowest BCUT2D eigenvalue weighted by molar-refractivity contribution is -0.137. The molecule has 0 atom stereocenters. The number of nitrogens with two attached hydrogens (primary N) is 1. The summed E-state index contributed by atoms with van der Waals surface area (Å²) in [5, 5.41) is 4.79. The first-order chi connectivity index (χ1) is 8.86. The minimum Gasteiger partial charge on any atom is -0.384 e. The molecule has 0 saturated carbocycles. The van der Waals surface area contributed by atoms with Gasteiger partial charge in [-0.15, -0.1) is 11.3 Å². The van der Waals surface area contributed by atoms with E-state index in [2.05, 4.69) is 10.3 Å². The van der Waals surface area contributed by atoms with Gasteiger partial charge in [0.15, 0.2) is 0 Å². The largest absolute Gasteiger partial charge is 0.416 e. The van der Waals surface area contributed by atoms with E-state index in [0.29, 0.717) is 6.54 Å². The first kappa shape index (κ1) is 13.7. The maximum absolute atomic E-state index is 12.6. The molecule has 0 fully saturated rings. The molecule has 102 valence electrons. The van der Waals surface area contributed by atoms with Crippen LogP contribution in [-0.4, -0.2) is 4.98 Å². The quantitative estimate of drug-likeness (QED) is 0.905. The van der Waals surface area contributed by atoms with Crippen LogP contribution in [0.5, 0.6) is 0 Å². The number of thiophene rings is 1. The molecular formula is C12H12F3N3S. The Labute approximate surface area is 112 Å². The van der Waals surface area contributed by atoms with Gasteiger partial charge < -0.3 is 11.1 Å². The zero-order valence-electron chi connectivity index (χ0n) is 10.1. The number of nitrogen functional groups attached to an aromatic ring is 1. The summed E-state index contributed by atoms with van der Waals surface area (Å²) in [6.07, 6.45) is -4.42. The molecule has 3 N–H and O–H groups in total. The molecule has 19 heavy (non-hydrogen) atoms. The fourth-order valence-corrected chi connectivity index (χ4v) is 2.41. The van der Waals surface area contributed by atoms with Crippen molar-refractivity contribution in [1.82, 2.24) is 4.98 Å². The summed E-state index contributed by atoms with van der Waals surface area (Å²) < 4.78 is 37.8. The Morgan fingerprint density at radius 3 is 2.68 bits per heavy atom. The molecule has 0 aliphatic heterocycles. The van der Waals surface area contributed by atoms with Gasteiger partial charge >= 0.3 is 6.18 Å². The number of nitrogens with zero attached hydrogens (tertiary/aromatic N) is 1. The second kappa shape index (κ2) is 5.08. The average molecular weight is 287 g/mol. The highest BCUT2D eigenvalue weighted by Crippen LogP contribution is 2.31. The first-order valence-electron chi connectivity index (χ1n) is 5.48. The Bertz CT molecular complexity index is 578. The number of aryl methyl sites for hydroxylation is 1. The number of nitrogens with one attached hydrogen (secondary N) is 1. The number of alkyl halides is 3. The highest BCUT2D eigenvalue weighted by atomic mass is 32.1. The average Bonchev–Trinajstić information content (AvgIpc) is 2.70. The van der Waals surface area contributed by atoms with Crippen LogP contribution in [0.25, 0.3) is 0 Å². The van der Waals surface area contributed by atoms with Crippen LogP contribution in [0.15, 0.2) is 23.6 Å². The minimum absolute atomic E-state index is 0.125. The lowest BCUT2D eigenvalue weighted by Crippen LogP contribution is -2.09. The van der Waals surface area contributed by atoms with Gasteiger partial charge in [0, 0.05) is 4.88 Å². The third-order valence-corrected chi connectivity index (χ3v) is 3.59. The Hall–Kier alpha value is -1.76. The van der Waals surface area contributed by atoms with Crippen molar-refractivity contribution in [3.63, 3.8) is 0 Å². The molecule has 2 aromatic heterocycles. The van der Waals surface area contributed by atoms with Crippen molar-refractivity contribution >= 4 is 23.0 Å². The van der Waals surface area contributed by atoms with Gasteiger partial charge in [-0.05, 0) is 36.1 Å². The van der Waals surface area contributed by atoms with Crippen LogP contribution in [0, 0.1) is 6.92 Å². The van der Waals surface area contributed by atoms with E-state index >= 15 is 0 Å². The first-order valence-corrected chi connectivity index (χ1v) is 6.36. The van der Waals surface area contributed by atoms with Gasteiger partial charge in [0.05, 0.1) is 12.1 Å². The van der Waals surface area contributed by atoms with Gasteiger partial charge in [-0.2, -0.15) is 13.2 Å². The van der Waals surface area contributed by atoms with Gasteiger partial charge in [0.1, 0.15) is 11.6 Å². The SMILES string of the molecule is Cc1ccsc1CNc1cc(C(F)(F)F)cc(N)n1. The van der Waals surface area contributed by atoms with E-state index in [1.807, 2.05) is 18.4 Å². The van der Waals surface area contributed by atoms with E-state index in [0.717, 1.165) is 22.6 Å². The van der Waals surface area contributed by atoms with E-state index in [1.54, 1.807) is 0 Å². The summed E-state index contributed by atoms with van der Waals surface area (Å²) in [4.78, 5) is 4.90. The second-order valence-corrected chi connectivity index (χ2v) is 5.04. The zero-order chi connectivity index (χ0) is 14.0. The number of anilines is 2. The molecule has 0 bridgehead atoms.